The van der Waals surface area contributed by atoms with E-state index >= 15 is 0 Å². The number of benzene rings is 2. The average Bonchev–Trinajstić information content (AvgIpc) is 2.53. The number of allylic oxidation sites excluding steroid dienone is 1. The molecule has 0 heterocycles. The molecule has 0 saturated carbocycles. The molecule has 0 atom stereocenters. The van der Waals surface area contributed by atoms with Gasteiger partial charge in [-0.15, -0.1) is 6.58 Å². The summed E-state index contributed by atoms with van der Waals surface area (Å²) in [5.74, 6) is 1.95. The van der Waals surface area contributed by atoms with E-state index in [9.17, 15) is 4.79 Å². The van der Waals surface area contributed by atoms with E-state index in [0.29, 0.717) is 29.2 Å². The predicted molar refractivity (Wildman–Crippen MR) is 82.9 cm³/mol. The normalized spacial score (nSPS) is 10.2. The maximum Gasteiger partial charge on any atom is 0.150 e. The molecule has 0 aliphatic carbocycles. The number of hydrogen-bond acceptors (Lipinski definition) is 4. The Kier molecular flexibility index (Phi) is 4.48. The molecule has 0 unspecified atom stereocenters. The Labute approximate surface area is 123 Å². The van der Waals surface area contributed by atoms with Crippen LogP contribution < -0.4 is 14.2 Å². The summed E-state index contributed by atoms with van der Waals surface area (Å²) in [6.07, 6.45) is 3.09. The van der Waals surface area contributed by atoms with E-state index < -0.39 is 0 Å². The summed E-state index contributed by atoms with van der Waals surface area (Å²) in [6, 6.07) is 5.43. The molecule has 0 aromatic heterocycles. The van der Waals surface area contributed by atoms with Gasteiger partial charge in [0.25, 0.3) is 0 Å². The fourth-order valence-corrected chi connectivity index (χ4v) is 2.52. The molecule has 0 amide bonds. The number of carbonyl (C=O) groups excluding carboxylic acids is 1. The molecule has 0 spiro atoms. The first kappa shape index (κ1) is 14.9. The van der Waals surface area contributed by atoms with Gasteiger partial charge in [0.05, 0.1) is 26.7 Å². The minimum atomic E-state index is 0.535. The van der Waals surface area contributed by atoms with Gasteiger partial charge >= 0.3 is 0 Å². The molecule has 0 N–H and O–H groups in total. The first-order valence-corrected chi connectivity index (χ1v) is 6.52. The number of rotatable bonds is 6. The van der Waals surface area contributed by atoms with Gasteiger partial charge in [-0.05, 0) is 24.6 Å². The molecule has 2 aromatic carbocycles. The molecular weight excluding hydrogens is 268 g/mol. The van der Waals surface area contributed by atoms with Crippen LogP contribution in [0.5, 0.6) is 17.2 Å². The number of carbonyl (C=O) groups is 1. The van der Waals surface area contributed by atoms with Crippen LogP contribution in [0.2, 0.25) is 0 Å². The second-order valence-electron chi connectivity index (χ2n) is 4.48. The van der Waals surface area contributed by atoms with Crippen molar-refractivity contribution in [3.63, 3.8) is 0 Å². The van der Waals surface area contributed by atoms with Crippen LogP contribution >= 0.6 is 0 Å². The van der Waals surface area contributed by atoms with Crippen molar-refractivity contribution in [3.8, 4) is 17.2 Å². The molecule has 0 aliphatic heterocycles. The van der Waals surface area contributed by atoms with Gasteiger partial charge in [-0.1, -0.05) is 6.08 Å². The van der Waals surface area contributed by atoms with Gasteiger partial charge in [0.2, 0.25) is 0 Å². The fourth-order valence-electron chi connectivity index (χ4n) is 2.52. The summed E-state index contributed by atoms with van der Waals surface area (Å²) in [6.45, 7) is 3.74. The van der Waals surface area contributed by atoms with Crippen molar-refractivity contribution in [1.29, 1.82) is 0 Å². The fraction of sp³-hybridized carbons (Fsp3) is 0.235. The smallest absolute Gasteiger partial charge is 0.150 e. The van der Waals surface area contributed by atoms with E-state index in [-0.39, 0.29) is 0 Å². The Morgan fingerprint density at radius 2 is 1.76 bits per heavy atom. The van der Waals surface area contributed by atoms with Crippen LogP contribution in [0, 0.1) is 0 Å². The maximum absolute atomic E-state index is 11.4. The number of methoxy groups -OCH3 is 3. The molecule has 2 rings (SSSR count). The first-order valence-electron chi connectivity index (χ1n) is 6.52. The van der Waals surface area contributed by atoms with Crippen molar-refractivity contribution in [1.82, 2.24) is 0 Å². The second-order valence-corrected chi connectivity index (χ2v) is 4.48. The Balaban J connectivity index is 2.98. The molecule has 0 bridgehead atoms. The van der Waals surface area contributed by atoms with Crippen LogP contribution in [0.1, 0.15) is 15.9 Å². The third kappa shape index (κ3) is 2.44. The molecule has 0 aliphatic rings. The van der Waals surface area contributed by atoms with Gasteiger partial charge < -0.3 is 14.2 Å². The Hall–Kier alpha value is -2.49. The third-order valence-corrected chi connectivity index (χ3v) is 3.44. The highest BCUT2D eigenvalue weighted by Gasteiger charge is 2.19. The number of fused-ring (bicyclic) bond motifs is 1. The molecule has 0 radical (unpaired) electrons. The molecule has 110 valence electrons. The summed E-state index contributed by atoms with van der Waals surface area (Å²) < 4.78 is 16.4. The van der Waals surface area contributed by atoms with E-state index in [0.717, 1.165) is 22.6 Å². The van der Waals surface area contributed by atoms with Gasteiger partial charge in [0, 0.05) is 16.5 Å². The monoisotopic (exact) mass is 286 g/mol. The SMILES string of the molecule is C=CCc1c(C=O)cc2c(OC)ccc(OC)c2c1OC. The Morgan fingerprint density at radius 1 is 1.10 bits per heavy atom. The highest BCUT2D eigenvalue weighted by molar-refractivity contribution is 6.02. The van der Waals surface area contributed by atoms with Crippen molar-refractivity contribution in [2.24, 2.45) is 0 Å². The summed E-state index contributed by atoms with van der Waals surface area (Å²) in [5, 5.41) is 1.57. The number of ether oxygens (including phenoxy) is 3. The minimum Gasteiger partial charge on any atom is -0.496 e. The van der Waals surface area contributed by atoms with Crippen molar-refractivity contribution in [3.05, 3.63) is 42.0 Å². The van der Waals surface area contributed by atoms with Gasteiger partial charge in [-0.2, -0.15) is 0 Å². The predicted octanol–water partition coefficient (Wildman–Crippen LogP) is 3.41. The van der Waals surface area contributed by atoms with Crippen LogP contribution in [-0.2, 0) is 6.42 Å². The van der Waals surface area contributed by atoms with Gasteiger partial charge in [-0.3, -0.25) is 4.79 Å². The standard InChI is InChI=1S/C17H18O4/c1-5-6-12-11(10-18)9-13-14(19-2)7-8-15(20-3)16(13)17(12)21-4/h5,7-10H,1,6H2,2-4H3. The highest BCUT2D eigenvalue weighted by atomic mass is 16.5. The van der Waals surface area contributed by atoms with E-state index in [2.05, 4.69) is 6.58 Å². The Bertz CT molecular complexity index is 689. The van der Waals surface area contributed by atoms with Crippen molar-refractivity contribution in [2.75, 3.05) is 21.3 Å². The molecule has 0 fully saturated rings. The van der Waals surface area contributed by atoms with Crippen molar-refractivity contribution in [2.45, 2.75) is 6.42 Å². The van der Waals surface area contributed by atoms with Crippen LogP contribution in [0.15, 0.2) is 30.9 Å². The number of hydrogen-bond donors (Lipinski definition) is 0. The quantitative estimate of drug-likeness (QED) is 0.603. The van der Waals surface area contributed by atoms with Crippen LogP contribution in [0.25, 0.3) is 10.8 Å². The van der Waals surface area contributed by atoms with E-state index in [1.54, 1.807) is 33.5 Å². The topological polar surface area (TPSA) is 44.8 Å². The average molecular weight is 286 g/mol. The third-order valence-electron chi connectivity index (χ3n) is 3.44. The van der Waals surface area contributed by atoms with E-state index in [4.69, 9.17) is 14.2 Å². The van der Waals surface area contributed by atoms with Crippen molar-refractivity contribution < 1.29 is 19.0 Å². The zero-order chi connectivity index (χ0) is 15.4. The minimum absolute atomic E-state index is 0.535. The second kappa shape index (κ2) is 6.31. The lowest BCUT2D eigenvalue weighted by Gasteiger charge is -2.17. The van der Waals surface area contributed by atoms with Crippen molar-refractivity contribution >= 4 is 17.1 Å². The molecular formula is C17H18O4. The lowest BCUT2D eigenvalue weighted by molar-refractivity contribution is 0.112. The maximum atomic E-state index is 11.4. The zero-order valence-electron chi connectivity index (χ0n) is 12.4. The Morgan fingerprint density at radius 3 is 2.29 bits per heavy atom. The molecule has 4 nitrogen and oxygen atoms in total. The lowest BCUT2D eigenvalue weighted by Crippen LogP contribution is -2.00. The lowest BCUT2D eigenvalue weighted by atomic mass is 9.96. The van der Waals surface area contributed by atoms with Crippen LogP contribution in [0.4, 0.5) is 0 Å². The summed E-state index contributed by atoms with van der Waals surface area (Å²) in [7, 11) is 4.77. The van der Waals surface area contributed by atoms with E-state index in [1.165, 1.54) is 0 Å². The van der Waals surface area contributed by atoms with Gasteiger partial charge in [-0.25, -0.2) is 0 Å². The van der Waals surface area contributed by atoms with Gasteiger partial charge in [0.1, 0.15) is 17.2 Å². The number of aldehydes is 1. The summed E-state index contributed by atoms with van der Waals surface area (Å²) >= 11 is 0. The molecule has 4 heteroatoms. The van der Waals surface area contributed by atoms with Crippen LogP contribution in [0.3, 0.4) is 0 Å². The van der Waals surface area contributed by atoms with Crippen LogP contribution in [-0.4, -0.2) is 27.6 Å². The molecule has 21 heavy (non-hydrogen) atoms. The molecule has 0 saturated heterocycles. The summed E-state index contributed by atoms with van der Waals surface area (Å²) in [5.41, 5.74) is 1.35. The van der Waals surface area contributed by atoms with E-state index in [1.807, 2.05) is 12.1 Å². The summed E-state index contributed by atoms with van der Waals surface area (Å²) in [4.78, 5) is 11.4. The largest absolute Gasteiger partial charge is 0.496 e. The highest BCUT2D eigenvalue weighted by Crippen LogP contribution is 2.42. The van der Waals surface area contributed by atoms with Gasteiger partial charge in [0.15, 0.2) is 6.29 Å². The molecule has 2 aromatic rings. The zero-order valence-corrected chi connectivity index (χ0v) is 12.4. The first-order chi connectivity index (χ1) is 10.2.